The van der Waals surface area contributed by atoms with Crippen LogP contribution < -0.4 is 0 Å². The molecule has 1 aromatic heterocycles. The van der Waals surface area contributed by atoms with Crippen molar-refractivity contribution < 1.29 is 4.92 Å². The van der Waals surface area contributed by atoms with Crippen molar-refractivity contribution in [2.75, 3.05) is 0 Å². The van der Waals surface area contributed by atoms with Gasteiger partial charge in [0.05, 0.1) is 5.02 Å². The van der Waals surface area contributed by atoms with Gasteiger partial charge in [-0.2, -0.15) is 0 Å². The Morgan fingerprint density at radius 3 is 3.00 bits per heavy atom. The van der Waals surface area contributed by atoms with Crippen molar-refractivity contribution in [1.82, 2.24) is 4.98 Å². The molecule has 0 aliphatic carbocycles. The molecule has 0 fully saturated rings. The molecule has 0 N–H and O–H groups in total. The highest BCUT2D eigenvalue weighted by atomic mass is 35.5. The largest absolute Gasteiger partial charge is 0.264 e. The predicted octanol–water partition coefficient (Wildman–Crippen LogP) is 1.51. The summed E-state index contributed by atoms with van der Waals surface area (Å²) in [6.07, 6.45) is 1.48. The van der Waals surface area contributed by atoms with Crippen molar-refractivity contribution in [2.45, 2.75) is 6.54 Å². The van der Waals surface area contributed by atoms with E-state index in [4.69, 9.17) is 11.6 Å². The molecule has 1 aromatic rings. The summed E-state index contributed by atoms with van der Waals surface area (Å²) in [5, 5.41) is 10.4. The number of aromatic nitrogens is 1. The number of hydrogen-bond acceptors (Lipinski definition) is 3. The van der Waals surface area contributed by atoms with Crippen LogP contribution in [0.15, 0.2) is 18.3 Å². The van der Waals surface area contributed by atoms with Gasteiger partial charge in [-0.25, -0.2) is 0 Å². The average molecular weight is 173 g/mol. The zero-order chi connectivity index (χ0) is 8.27. The molecule has 1 rings (SSSR count). The summed E-state index contributed by atoms with van der Waals surface area (Å²) in [6.45, 7) is -0.320. The Kier molecular flexibility index (Phi) is 2.38. The monoisotopic (exact) mass is 172 g/mol. The zero-order valence-corrected chi connectivity index (χ0v) is 6.28. The molecule has 5 heteroatoms. The molecule has 0 amide bonds. The minimum Gasteiger partial charge on any atom is -0.264 e. The van der Waals surface area contributed by atoms with Crippen LogP contribution in [0.3, 0.4) is 0 Å². The van der Waals surface area contributed by atoms with Crippen molar-refractivity contribution in [3.8, 4) is 0 Å². The maximum Gasteiger partial charge on any atom is 0.246 e. The highest BCUT2D eigenvalue weighted by Crippen LogP contribution is 2.12. The number of nitro groups is 1. The summed E-state index contributed by atoms with van der Waals surface area (Å²) in [4.78, 5) is 13.3. The molecule has 1 heterocycles. The van der Waals surface area contributed by atoms with Crippen LogP contribution in [0.5, 0.6) is 0 Å². The van der Waals surface area contributed by atoms with Crippen LogP contribution in [0, 0.1) is 10.1 Å². The molecule has 0 aromatic carbocycles. The van der Waals surface area contributed by atoms with Gasteiger partial charge < -0.3 is 0 Å². The fraction of sp³-hybridized carbons (Fsp3) is 0.167. The van der Waals surface area contributed by atoms with Gasteiger partial charge in [-0.1, -0.05) is 11.6 Å². The molecule has 0 spiro atoms. The van der Waals surface area contributed by atoms with Gasteiger partial charge in [0.15, 0.2) is 0 Å². The molecule has 0 bridgehead atoms. The Bertz CT molecular complexity index is 277. The van der Waals surface area contributed by atoms with E-state index in [1.54, 1.807) is 12.1 Å². The highest BCUT2D eigenvalue weighted by molar-refractivity contribution is 6.31. The number of nitrogens with zero attached hydrogens (tertiary/aromatic N) is 2. The van der Waals surface area contributed by atoms with Gasteiger partial charge >= 0.3 is 0 Å². The molecular formula is C6H5ClN2O2. The topological polar surface area (TPSA) is 56.0 Å². The standard InChI is InChI=1S/C6H5ClN2O2/c7-5-2-1-3-8-6(5)4-9(10)11/h1-3H,4H2. The Morgan fingerprint density at radius 1 is 1.73 bits per heavy atom. The minimum atomic E-state index is -0.464. The third-order valence-corrected chi connectivity index (χ3v) is 1.46. The predicted molar refractivity (Wildman–Crippen MR) is 39.9 cm³/mol. The smallest absolute Gasteiger partial charge is 0.246 e. The van der Waals surface area contributed by atoms with E-state index in [9.17, 15) is 10.1 Å². The van der Waals surface area contributed by atoms with Crippen LogP contribution >= 0.6 is 11.6 Å². The van der Waals surface area contributed by atoms with E-state index in [0.717, 1.165) is 0 Å². The molecule has 0 atom stereocenters. The number of hydrogen-bond donors (Lipinski definition) is 0. The molecular weight excluding hydrogens is 168 g/mol. The van der Waals surface area contributed by atoms with Crippen LogP contribution in [-0.2, 0) is 6.54 Å². The summed E-state index contributed by atoms with van der Waals surface area (Å²) in [5.74, 6) is 0. The van der Waals surface area contributed by atoms with E-state index in [-0.39, 0.29) is 6.54 Å². The van der Waals surface area contributed by atoms with E-state index in [2.05, 4.69) is 4.98 Å². The normalized spacial score (nSPS) is 9.55. The first-order chi connectivity index (χ1) is 5.20. The second-order valence-corrected chi connectivity index (χ2v) is 2.33. The Labute approximate surface area is 68.0 Å². The van der Waals surface area contributed by atoms with Crippen LogP contribution in [0.2, 0.25) is 5.02 Å². The van der Waals surface area contributed by atoms with Gasteiger partial charge in [-0.3, -0.25) is 15.1 Å². The SMILES string of the molecule is O=[N+]([O-])Cc1ncccc1Cl. The molecule has 0 radical (unpaired) electrons. The van der Waals surface area contributed by atoms with Gasteiger partial charge in [0, 0.05) is 11.1 Å². The third-order valence-electron chi connectivity index (χ3n) is 1.11. The molecule has 0 unspecified atom stereocenters. The second kappa shape index (κ2) is 3.30. The molecule has 58 valence electrons. The first-order valence-corrected chi connectivity index (χ1v) is 3.29. The lowest BCUT2D eigenvalue weighted by molar-refractivity contribution is -0.497. The summed E-state index contributed by atoms with van der Waals surface area (Å²) in [7, 11) is 0. The van der Waals surface area contributed by atoms with Crippen molar-refractivity contribution in [3.05, 3.63) is 39.2 Å². The Balaban J connectivity index is 2.86. The van der Waals surface area contributed by atoms with Crippen LogP contribution in [-0.4, -0.2) is 9.91 Å². The van der Waals surface area contributed by atoms with Crippen molar-refractivity contribution >= 4 is 11.6 Å². The maximum atomic E-state index is 10.0. The van der Waals surface area contributed by atoms with Crippen LogP contribution in [0.1, 0.15) is 5.69 Å². The molecule has 4 nitrogen and oxygen atoms in total. The number of rotatable bonds is 2. The van der Waals surface area contributed by atoms with E-state index in [1.807, 2.05) is 0 Å². The lowest BCUT2D eigenvalue weighted by atomic mass is 10.3. The van der Waals surface area contributed by atoms with E-state index in [1.165, 1.54) is 6.20 Å². The molecule has 0 aliphatic rings. The van der Waals surface area contributed by atoms with Crippen molar-refractivity contribution in [3.63, 3.8) is 0 Å². The summed E-state index contributed by atoms with van der Waals surface area (Å²) in [5.41, 5.74) is 0.305. The van der Waals surface area contributed by atoms with Crippen molar-refractivity contribution in [1.29, 1.82) is 0 Å². The molecule has 11 heavy (non-hydrogen) atoms. The quantitative estimate of drug-likeness (QED) is 0.502. The molecule has 0 saturated carbocycles. The lowest BCUT2D eigenvalue weighted by Gasteiger charge is -1.94. The van der Waals surface area contributed by atoms with E-state index in [0.29, 0.717) is 10.7 Å². The van der Waals surface area contributed by atoms with Gasteiger partial charge in [0.2, 0.25) is 6.54 Å². The maximum absolute atomic E-state index is 10.0. The highest BCUT2D eigenvalue weighted by Gasteiger charge is 2.06. The molecule has 0 aliphatic heterocycles. The molecule has 0 saturated heterocycles. The van der Waals surface area contributed by atoms with Gasteiger partial charge in [-0.05, 0) is 12.1 Å². The van der Waals surface area contributed by atoms with Crippen LogP contribution in [0.4, 0.5) is 0 Å². The summed E-state index contributed by atoms with van der Waals surface area (Å²) in [6, 6.07) is 3.21. The first kappa shape index (κ1) is 7.94. The minimum absolute atomic E-state index is 0.305. The summed E-state index contributed by atoms with van der Waals surface area (Å²) < 4.78 is 0. The van der Waals surface area contributed by atoms with Gasteiger partial charge in [0.25, 0.3) is 0 Å². The second-order valence-electron chi connectivity index (χ2n) is 1.92. The van der Waals surface area contributed by atoms with Gasteiger partial charge in [-0.15, -0.1) is 0 Å². The fourth-order valence-corrected chi connectivity index (χ4v) is 0.838. The van der Waals surface area contributed by atoms with Crippen molar-refractivity contribution in [2.24, 2.45) is 0 Å². The fourth-order valence-electron chi connectivity index (χ4n) is 0.657. The van der Waals surface area contributed by atoms with Gasteiger partial charge in [0.1, 0.15) is 5.69 Å². The average Bonchev–Trinajstić information content (AvgIpc) is 1.93. The van der Waals surface area contributed by atoms with E-state index < -0.39 is 4.92 Å². The lowest BCUT2D eigenvalue weighted by Crippen LogP contribution is -2.00. The summed E-state index contributed by atoms with van der Waals surface area (Å²) >= 11 is 5.60. The van der Waals surface area contributed by atoms with Crippen LogP contribution in [0.25, 0.3) is 0 Å². The third kappa shape index (κ3) is 2.16. The Hall–Kier alpha value is -1.16. The zero-order valence-electron chi connectivity index (χ0n) is 5.53. The Morgan fingerprint density at radius 2 is 2.45 bits per heavy atom. The first-order valence-electron chi connectivity index (χ1n) is 2.91. The number of pyridine rings is 1. The number of halogens is 1. The van der Waals surface area contributed by atoms with E-state index >= 15 is 0 Å².